The first kappa shape index (κ1) is 11.6. The minimum absolute atomic E-state index is 0.0543. The predicted molar refractivity (Wildman–Crippen MR) is 70.4 cm³/mol. The Kier molecular flexibility index (Phi) is 3.04. The standard InChI is InChI=1S/C12H16BrN3/c1-7(2)16-11-6-9(8(3)14)4-5-10(11)12(13)15-16/h4-8H,14H2,1-3H3. The molecule has 2 N–H and O–H groups in total. The Balaban J connectivity index is 2.69. The van der Waals surface area contributed by atoms with Gasteiger partial charge in [0.2, 0.25) is 0 Å². The fourth-order valence-electron chi connectivity index (χ4n) is 1.79. The Morgan fingerprint density at radius 1 is 1.31 bits per heavy atom. The number of benzene rings is 1. The lowest BCUT2D eigenvalue weighted by molar-refractivity contribution is 0.547. The molecule has 0 aliphatic carbocycles. The maximum absolute atomic E-state index is 5.90. The second-order valence-corrected chi connectivity index (χ2v) is 5.15. The summed E-state index contributed by atoms with van der Waals surface area (Å²) in [6.07, 6.45) is 0. The summed E-state index contributed by atoms with van der Waals surface area (Å²) in [6.45, 7) is 6.24. The number of rotatable bonds is 2. The molecule has 1 aromatic carbocycles. The maximum Gasteiger partial charge on any atom is 0.136 e. The normalized spacial score (nSPS) is 13.6. The van der Waals surface area contributed by atoms with Crippen molar-refractivity contribution in [3.63, 3.8) is 0 Å². The number of hydrogen-bond donors (Lipinski definition) is 1. The van der Waals surface area contributed by atoms with Gasteiger partial charge in [-0.25, -0.2) is 0 Å². The average molecular weight is 282 g/mol. The van der Waals surface area contributed by atoms with Crippen LogP contribution in [0.2, 0.25) is 0 Å². The van der Waals surface area contributed by atoms with Gasteiger partial charge in [-0.3, -0.25) is 4.68 Å². The third-order valence-corrected chi connectivity index (χ3v) is 3.29. The van der Waals surface area contributed by atoms with Crippen LogP contribution < -0.4 is 5.73 Å². The van der Waals surface area contributed by atoms with E-state index in [0.717, 1.165) is 21.1 Å². The quantitative estimate of drug-likeness (QED) is 0.917. The van der Waals surface area contributed by atoms with Gasteiger partial charge in [-0.05, 0) is 54.4 Å². The molecule has 0 amide bonds. The van der Waals surface area contributed by atoms with Crippen LogP contribution in [0.15, 0.2) is 22.8 Å². The number of hydrogen-bond acceptors (Lipinski definition) is 2. The number of fused-ring (bicyclic) bond motifs is 1. The zero-order chi connectivity index (χ0) is 11.9. The molecule has 1 atom stereocenters. The molecule has 2 aromatic rings. The smallest absolute Gasteiger partial charge is 0.136 e. The minimum atomic E-state index is 0.0543. The van der Waals surface area contributed by atoms with Crippen LogP contribution in [0.1, 0.15) is 38.4 Å². The van der Waals surface area contributed by atoms with E-state index < -0.39 is 0 Å². The summed E-state index contributed by atoms with van der Waals surface area (Å²) in [4.78, 5) is 0. The molecule has 0 fully saturated rings. The molecule has 0 saturated carbocycles. The molecule has 0 bridgehead atoms. The molecule has 3 nitrogen and oxygen atoms in total. The first-order valence-electron chi connectivity index (χ1n) is 5.44. The summed E-state index contributed by atoms with van der Waals surface area (Å²) < 4.78 is 2.91. The summed E-state index contributed by atoms with van der Waals surface area (Å²) >= 11 is 3.48. The van der Waals surface area contributed by atoms with Crippen LogP contribution in [0.4, 0.5) is 0 Å². The van der Waals surface area contributed by atoms with Crippen LogP contribution in [0, 0.1) is 0 Å². The third-order valence-electron chi connectivity index (χ3n) is 2.70. The van der Waals surface area contributed by atoms with Gasteiger partial charge in [0, 0.05) is 17.5 Å². The summed E-state index contributed by atoms with van der Waals surface area (Å²) in [5.41, 5.74) is 8.17. The fraction of sp³-hybridized carbons (Fsp3) is 0.417. The molecule has 1 heterocycles. The van der Waals surface area contributed by atoms with Crippen LogP contribution in [0.5, 0.6) is 0 Å². The molecule has 4 heteroatoms. The second-order valence-electron chi connectivity index (χ2n) is 4.39. The summed E-state index contributed by atoms with van der Waals surface area (Å²) in [6, 6.07) is 6.65. The predicted octanol–water partition coefficient (Wildman–Crippen LogP) is 3.40. The van der Waals surface area contributed by atoms with Gasteiger partial charge in [-0.1, -0.05) is 6.07 Å². The van der Waals surface area contributed by atoms with Gasteiger partial charge in [-0.15, -0.1) is 0 Å². The number of halogens is 1. The lowest BCUT2D eigenvalue weighted by Gasteiger charge is -2.09. The fourth-order valence-corrected chi connectivity index (χ4v) is 2.30. The van der Waals surface area contributed by atoms with E-state index in [1.807, 2.05) is 11.6 Å². The van der Waals surface area contributed by atoms with Gasteiger partial charge >= 0.3 is 0 Å². The highest BCUT2D eigenvalue weighted by Crippen LogP contribution is 2.27. The Labute approximate surface area is 104 Å². The van der Waals surface area contributed by atoms with Crippen LogP contribution in [-0.2, 0) is 0 Å². The molecule has 16 heavy (non-hydrogen) atoms. The van der Waals surface area contributed by atoms with Gasteiger partial charge in [0.05, 0.1) is 5.52 Å². The highest BCUT2D eigenvalue weighted by molar-refractivity contribution is 9.10. The summed E-state index contributed by atoms with van der Waals surface area (Å²) in [5.74, 6) is 0. The lowest BCUT2D eigenvalue weighted by atomic mass is 10.1. The van der Waals surface area contributed by atoms with Gasteiger partial charge in [-0.2, -0.15) is 5.10 Å². The van der Waals surface area contributed by atoms with Crippen molar-refractivity contribution in [2.45, 2.75) is 32.9 Å². The van der Waals surface area contributed by atoms with E-state index in [-0.39, 0.29) is 6.04 Å². The molecule has 0 radical (unpaired) electrons. The first-order valence-corrected chi connectivity index (χ1v) is 6.23. The van der Waals surface area contributed by atoms with Crippen molar-refractivity contribution in [2.75, 3.05) is 0 Å². The van der Waals surface area contributed by atoms with E-state index in [1.54, 1.807) is 0 Å². The highest BCUT2D eigenvalue weighted by Gasteiger charge is 2.12. The molecule has 0 aliphatic heterocycles. The zero-order valence-corrected chi connectivity index (χ0v) is 11.3. The second kappa shape index (κ2) is 4.18. The van der Waals surface area contributed by atoms with E-state index >= 15 is 0 Å². The Morgan fingerprint density at radius 2 is 2.00 bits per heavy atom. The third kappa shape index (κ3) is 1.87. The largest absolute Gasteiger partial charge is 0.324 e. The van der Waals surface area contributed by atoms with E-state index in [1.165, 1.54) is 0 Å². The molecule has 2 rings (SSSR count). The van der Waals surface area contributed by atoms with Crippen molar-refractivity contribution in [2.24, 2.45) is 5.73 Å². The van der Waals surface area contributed by atoms with Crippen molar-refractivity contribution >= 4 is 26.8 Å². The Hall–Kier alpha value is -0.870. The molecular formula is C12H16BrN3. The Morgan fingerprint density at radius 3 is 2.56 bits per heavy atom. The van der Waals surface area contributed by atoms with Crippen LogP contribution in [-0.4, -0.2) is 9.78 Å². The summed E-state index contributed by atoms with van der Waals surface area (Å²) in [5, 5.41) is 5.62. The molecular weight excluding hydrogens is 266 g/mol. The zero-order valence-electron chi connectivity index (χ0n) is 9.74. The van der Waals surface area contributed by atoms with Gasteiger partial charge in [0.15, 0.2) is 0 Å². The molecule has 0 saturated heterocycles. The molecule has 86 valence electrons. The highest BCUT2D eigenvalue weighted by atomic mass is 79.9. The first-order chi connectivity index (χ1) is 7.50. The maximum atomic E-state index is 5.90. The number of nitrogens with two attached hydrogens (primary N) is 1. The Bertz CT molecular complexity index is 514. The van der Waals surface area contributed by atoms with Crippen molar-refractivity contribution in [1.82, 2.24) is 9.78 Å². The molecule has 0 aliphatic rings. The van der Waals surface area contributed by atoms with Crippen LogP contribution in [0.25, 0.3) is 10.9 Å². The summed E-state index contributed by atoms with van der Waals surface area (Å²) in [7, 11) is 0. The van der Waals surface area contributed by atoms with Crippen molar-refractivity contribution < 1.29 is 0 Å². The topological polar surface area (TPSA) is 43.8 Å². The molecule has 1 aromatic heterocycles. The van der Waals surface area contributed by atoms with Crippen molar-refractivity contribution in [3.8, 4) is 0 Å². The van der Waals surface area contributed by atoms with Crippen molar-refractivity contribution in [3.05, 3.63) is 28.4 Å². The van der Waals surface area contributed by atoms with Gasteiger partial charge in [0.1, 0.15) is 4.60 Å². The van der Waals surface area contributed by atoms with E-state index in [2.05, 4.69) is 53.1 Å². The monoisotopic (exact) mass is 281 g/mol. The number of nitrogens with zero attached hydrogens (tertiary/aromatic N) is 2. The van der Waals surface area contributed by atoms with E-state index in [0.29, 0.717) is 6.04 Å². The van der Waals surface area contributed by atoms with Gasteiger partial charge in [0.25, 0.3) is 0 Å². The van der Waals surface area contributed by atoms with Crippen LogP contribution in [0.3, 0.4) is 0 Å². The van der Waals surface area contributed by atoms with Crippen LogP contribution >= 0.6 is 15.9 Å². The van der Waals surface area contributed by atoms with E-state index in [9.17, 15) is 0 Å². The lowest BCUT2D eigenvalue weighted by Crippen LogP contribution is -2.06. The minimum Gasteiger partial charge on any atom is -0.324 e. The molecule has 1 unspecified atom stereocenters. The molecule has 0 spiro atoms. The van der Waals surface area contributed by atoms with Crippen molar-refractivity contribution in [1.29, 1.82) is 0 Å². The van der Waals surface area contributed by atoms with E-state index in [4.69, 9.17) is 5.73 Å². The average Bonchev–Trinajstić information content (AvgIpc) is 2.56. The van der Waals surface area contributed by atoms with Gasteiger partial charge < -0.3 is 5.73 Å². The SMILES string of the molecule is CC(N)c1ccc2c(Br)nn(C(C)C)c2c1. The number of aromatic nitrogens is 2.